The van der Waals surface area contributed by atoms with Crippen molar-refractivity contribution in [1.29, 1.82) is 0 Å². The van der Waals surface area contributed by atoms with Crippen molar-refractivity contribution in [3.8, 4) is 0 Å². The molecule has 0 radical (unpaired) electrons. The van der Waals surface area contributed by atoms with Crippen molar-refractivity contribution in [2.75, 3.05) is 11.9 Å². The number of amides is 2. The highest BCUT2D eigenvalue weighted by Gasteiger charge is 2.19. The zero-order chi connectivity index (χ0) is 17.6. The number of nitrogens with one attached hydrogen (secondary N) is 2. The van der Waals surface area contributed by atoms with Gasteiger partial charge < -0.3 is 15.4 Å². The number of hydrogen-bond acceptors (Lipinski definition) is 4. The molecule has 2 N–H and O–H groups in total. The summed E-state index contributed by atoms with van der Waals surface area (Å²) < 4.78 is 7.04. The Kier molecular flexibility index (Phi) is 6.23. The van der Waals surface area contributed by atoms with Crippen LogP contribution in [0.15, 0.2) is 12.3 Å². The fraction of sp³-hybridized carbons (Fsp3) is 0.706. The molecule has 24 heavy (non-hydrogen) atoms. The largest absolute Gasteiger partial charge is 0.444 e. The maximum Gasteiger partial charge on any atom is 0.407 e. The summed E-state index contributed by atoms with van der Waals surface area (Å²) in [6, 6.07) is 2.18. The van der Waals surface area contributed by atoms with Crippen LogP contribution in [0.2, 0.25) is 0 Å². The fourth-order valence-corrected chi connectivity index (χ4v) is 2.83. The molecule has 7 nitrogen and oxygen atoms in total. The van der Waals surface area contributed by atoms with Gasteiger partial charge in [0.2, 0.25) is 5.91 Å². The van der Waals surface area contributed by atoms with Crippen molar-refractivity contribution < 1.29 is 14.3 Å². The molecule has 1 aliphatic rings. The maximum absolute atomic E-state index is 12.1. The van der Waals surface area contributed by atoms with Gasteiger partial charge in [-0.25, -0.2) is 9.48 Å². The first kappa shape index (κ1) is 18.3. The number of hydrogen-bond donors (Lipinski definition) is 2. The van der Waals surface area contributed by atoms with Crippen molar-refractivity contribution in [3.63, 3.8) is 0 Å². The molecule has 0 bridgehead atoms. The second-order valence-electron chi connectivity index (χ2n) is 7.18. The third-order valence-electron chi connectivity index (χ3n) is 3.88. The Labute approximate surface area is 143 Å². The van der Waals surface area contributed by atoms with Crippen LogP contribution >= 0.6 is 0 Å². The van der Waals surface area contributed by atoms with E-state index >= 15 is 0 Å². The summed E-state index contributed by atoms with van der Waals surface area (Å²) in [7, 11) is 0. The first-order valence-corrected chi connectivity index (χ1v) is 8.65. The third-order valence-corrected chi connectivity index (χ3v) is 3.88. The van der Waals surface area contributed by atoms with Crippen molar-refractivity contribution in [1.82, 2.24) is 15.1 Å². The Morgan fingerprint density at radius 2 is 2.00 bits per heavy atom. The molecule has 1 fully saturated rings. The molecule has 0 spiro atoms. The number of nitrogens with zero attached hydrogens (tertiary/aromatic N) is 2. The lowest BCUT2D eigenvalue weighted by Gasteiger charge is -2.24. The van der Waals surface area contributed by atoms with Gasteiger partial charge in [-0.2, -0.15) is 5.10 Å². The zero-order valence-corrected chi connectivity index (χ0v) is 14.8. The van der Waals surface area contributed by atoms with E-state index in [1.165, 1.54) is 19.3 Å². The maximum atomic E-state index is 12.1. The molecule has 0 saturated heterocycles. The Morgan fingerprint density at radius 1 is 1.29 bits per heavy atom. The van der Waals surface area contributed by atoms with E-state index in [9.17, 15) is 9.59 Å². The number of anilines is 1. The molecule has 0 unspecified atom stereocenters. The summed E-state index contributed by atoms with van der Waals surface area (Å²) in [5.41, 5.74) is -0.543. The molecule has 1 aliphatic carbocycles. The van der Waals surface area contributed by atoms with Crippen LogP contribution in [-0.4, -0.2) is 33.9 Å². The van der Waals surface area contributed by atoms with Gasteiger partial charge in [-0.1, -0.05) is 19.3 Å². The Hall–Kier alpha value is -2.05. The molecular weight excluding hydrogens is 308 g/mol. The molecule has 1 saturated carbocycles. The van der Waals surface area contributed by atoms with E-state index in [4.69, 9.17) is 4.74 Å². The van der Waals surface area contributed by atoms with Gasteiger partial charge in [0.1, 0.15) is 11.4 Å². The Morgan fingerprint density at radius 3 is 2.67 bits per heavy atom. The summed E-state index contributed by atoms with van der Waals surface area (Å²) in [5, 5.41) is 9.82. The number of ether oxygens (including phenoxy) is 1. The van der Waals surface area contributed by atoms with Crippen molar-refractivity contribution in [2.45, 2.75) is 70.9 Å². The number of carbonyl (C=O) groups excluding carboxylic acids is 2. The lowest BCUT2D eigenvalue weighted by molar-refractivity contribution is -0.116. The van der Waals surface area contributed by atoms with Crippen LogP contribution in [0.1, 0.15) is 65.3 Å². The number of alkyl carbamates (subject to hydrolysis) is 1. The lowest BCUT2D eigenvalue weighted by Crippen LogP contribution is -2.34. The minimum atomic E-state index is -0.543. The summed E-state index contributed by atoms with van der Waals surface area (Å²) in [4.78, 5) is 23.6. The summed E-state index contributed by atoms with van der Waals surface area (Å²) >= 11 is 0. The van der Waals surface area contributed by atoms with Crippen LogP contribution in [0.25, 0.3) is 0 Å². The van der Waals surface area contributed by atoms with E-state index in [1.54, 1.807) is 27.0 Å². The SMILES string of the molecule is CC(C)(C)OC(=O)NCCC(=O)Nc1ccnn1C1CCCCC1. The predicted molar refractivity (Wildman–Crippen MR) is 91.8 cm³/mol. The molecule has 2 rings (SSSR count). The van der Waals surface area contributed by atoms with E-state index in [0.717, 1.165) is 18.7 Å². The number of rotatable bonds is 5. The zero-order valence-electron chi connectivity index (χ0n) is 14.8. The fourth-order valence-electron chi connectivity index (χ4n) is 2.83. The average Bonchev–Trinajstić information content (AvgIpc) is 2.94. The van der Waals surface area contributed by atoms with E-state index < -0.39 is 11.7 Å². The second-order valence-corrected chi connectivity index (χ2v) is 7.18. The van der Waals surface area contributed by atoms with Crippen molar-refractivity contribution in [3.05, 3.63) is 12.3 Å². The lowest BCUT2D eigenvalue weighted by atomic mass is 9.96. The minimum Gasteiger partial charge on any atom is -0.444 e. The van der Waals surface area contributed by atoms with Gasteiger partial charge in [-0.15, -0.1) is 0 Å². The smallest absolute Gasteiger partial charge is 0.407 e. The van der Waals surface area contributed by atoms with Crippen LogP contribution in [0.4, 0.5) is 10.6 Å². The van der Waals surface area contributed by atoms with Gasteiger partial charge in [0.05, 0.1) is 12.2 Å². The molecule has 1 heterocycles. The Bertz CT molecular complexity index is 556. The molecule has 134 valence electrons. The normalized spacial score (nSPS) is 15.8. The van der Waals surface area contributed by atoms with Crippen molar-refractivity contribution >= 4 is 17.8 Å². The number of aromatic nitrogens is 2. The topological polar surface area (TPSA) is 85.2 Å². The van der Waals surface area contributed by atoms with Gasteiger partial charge in [0.15, 0.2) is 0 Å². The highest BCUT2D eigenvalue weighted by molar-refractivity contribution is 5.90. The quantitative estimate of drug-likeness (QED) is 0.864. The van der Waals surface area contributed by atoms with Crippen LogP contribution in [0.3, 0.4) is 0 Å². The van der Waals surface area contributed by atoms with Gasteiger partial charge in [-0.05, 0) is 33.6 Å². The summed E-state index contributed by atoms with van der Waals surface area (Å²) in [6.45, 7) is 5.63. The van der Waals surface area contributed by atoms with Gasteiger partial charge in [0.25, 0.3) is 0 Å². The predicted octanol–water partition coefficient (Wildman–Crippen LogP) is 3.24. The van der Waals surface area contributed by atoms with Crippen LogP contribution in [0.5, 0.6) is 0 Å². The van der Waals surface area contributed by atoms with E-state index in [2.05, 4.69) is 15.7 Å². The standard InChI is InChI=1S/C17H28N4O3/c1-17(2,3)24-16(23)18-11-10-15(22)20-14-9-12-19-21(14)13-7-5-4-6-8-13/h9,12-13H,4-8,10-11H2,1-3H3,(H,18,23)(H,20,22). The van der Waals surface area contributed by atoms with E-state index in [-0.39, 0.29) is 18.9 Å². The van der Waals surface area contributed by atoms with Gasteiger partial charge in [0, 0.05) is 19.0 Å². The highest BCUT2D eigenvalue weighted by Crippen LogP contribution is 2.29. The monoisotopic (exact) mass is 336 g/mol. The van der Waals surface area contributed by atoms with Gasteiger partial charge in [-0.3, -0.25) is 4.79 Å². The highest BCUT2D eigenvalue weighted by atomic mass is 16.6. The first-order chi connectivity index (χ1) is 11.3. The molecule has 2 amide bonds. The summed E-state index contributed by atoms with van der Waals surface area (Å²) in [5.74, 6) is 0.577. The molecule has 1 aromatic rings. The van der Waals surface area contributed by atoms with Crippen LogP contribution in [-0.2, 0) is 9.53 Å². The summed E-state index contributed by atoms with van der Waals surface area (Å²) in [6.07, 6.45) is 7.28. The van der Waals surface area contributed by atoms with Crippen molar-refractivity contribution in [2.24, 2.45) is 0 Å². The minimum absolute atomic E-state index is 0.149. The molecule has 0 aromatic carbocycles. The molecule has 1 aromatic heterocycles. The molecule has 0 aliphatic heterocycles. The average molecular weight is 336 g/mol. The molecular formula is C17H28N4O3. The third kappa shape index (κ3) is 5.86. The number of carbonyl (C=O) groups is 2. The first-order valence-electron chi connectivity index (χ1n) is 8.65. The van der Waals surface area contributed by atoms with E-state index in [1.807, 2.05) is 10.7 Å². The van der Waals surface area contributed by atoms with Gasteiger partial charge >= 0.3 is 6.09 Å². The molecule has 0 atom stereocenters. The van der Waals surface area contributed by atoms with Crippen LogP contribution in [0, 0.1) is 0 Å². The van der Waals surface area contributed by atoms with E-state index in [0.29, 0.717) is 6.04 Å². The molecule has 7 heteroatoms. The second kappa shape index (κ2) is 8.17. The Balaban J connectivity index is 1.77. The van der Waals surface area contributed by atoms with Crippen LogP contribution < -0.4 is 10.6 Å².